The summed E-state index contributed by atoms with van der Waals surface area (Å²) < 4.78 is 0. The first-order chi connectivity index (χ1) is 14.6. The molecule has 3 rings (SSSR count). The van der Waals surface area contributed by atoms with Crippen molar-refractivity contribution in [3.8, 4) is 17.2 Å². The highest BCUT2D eigenvalue weighted by Crippen LogP contribution is 2.34. The third-order valence-electron chi connectivity index (χ3n) is 5.33. The molecule has 2 aromatic carbocycles. The Balaban J connectivity index is 1.79. The van der Waals surface area contributed by atoms with Crippen LogP contribution in [-0.4, -0.2) is 36.6 Å². The number of nitrogens with one attached hydrogen (secondary N) is 2. The Hall–Kier alpha value is -2.95. The molecule has 3 N–H and O–H groups in total. The fraction of sp³-hybridized carbons (Fsp3) is 0.375. The predicted molar refractivity (Wildman–Crippen MR) is 123 cm³/mol. The highest BCUT2D eigenvalue weighted by Gasteiger charge is 2.46. The van der Waals surface area contributed by atoms with E-state index in [9.17, 15) is 20.0 Å². The Morgan fingerprint density at radius 3 is 2.35 bits per heavy atom. The molecule has 31 heavy (non-hydrogen) atoms. The topological polar surface area (TPSA) is 102 Å². The molecule has 6 nitrogen and oxygen atoms in total. The van der Waals surface area contributed by atoms with E-state index in [1.54, 1.807) is 18.2 Å². The number of carbonyl (C=O) groups excluding carboxylic acids is 2. The van der Waals surface area contributed by atoms with E-state index in [-0.39, 0.29) is 18.4 Å². The van der Waals surface area contributed by atoms with Gasteiger partial charge in [-0.2, -0.15) is 5.26 Å². The summed E-state index contributed by atoms with van der Waals surface area (Å²) >= 11 is 0. The van der Waals surface area contributed by atoms with E-state index in [1.807, 2.05) is 30.3 Å². The summed E-state index contributed by atoms with van der Waals surface area (Å²) in [6.45, 7) is 6.38. The number of amides is 2. The number of hydrogen-bond acceptors (Lipinski definition) is 4. The lowest BCUT2D eigenvalue weighted by atomic mass is 10.0. The van der Waals surface area contributed by atoms with Crippen molar-refractivity contribution >= 4 is 19.9 Å². The van der Waals surface area contributed by atoms with Crippen molar-refractivity contribution < 1.29 is 14.7 Å². The van der Waals surface area contributed by atoms with Gasteiger partial charge in [-0.1, -0.05) is 50.0 Å². The van der Waals surface area contributed by atoms with Gasteiger partial charge in [0.2, 0.25) is 5.91 Å². The quantitative estimate of drug-likeness (QED) is 0.553. The molecule has 1 unspecified atom stereocenters. The van der Waals surface area contributed by atoms with Crippen LogP contribution in [0.15, 0.2) is 48.5 Å². The van der Waals surface area contributed by atoms with Crippen molar-refractivity contribution in [3.05, 3.63) is 59.7 Å². The molecular weight excluding hydrogens is 406 g/mol. The van der Waals surface area contributed by atoms with E-state index >= 15 is 0 Å². The molecule has 1 aliphatic rings. The Labute approximate surface area is 184 Å². The molecule has 0 heterocycles. The number of nitriles is 1. The average molecular weight is 436 g/mol. The van der Waals surface area contributed by atoms with Crippen molar-refractivity contribution in [2.45, 2.75) is 56.7 Å². The normalized spacial score (nSPS) is 15.5. The lowest BCUT2D eigenvalue weighted by Gasteiger charge is -2.26. The first-order valence-electron chi connectivity index (χ1n) is 10.5. The molecule has 162 valence electrons. The number of carbonyl (C=O) groups is 2. The van der Waals surface area contributed by atoms with Gasteiger partial charge in [-0.3, -0.25) is 9.59 Å². The van der Waals surface area contributed by atoms with E-state index in [2.05, 4.69) is 36.3 Å². The summed E-state index contributed by atoms with van der Waals surface area (Å²) in [4.78, 5) is 25.9. The number of rotatable bonds is 8. The molecule has 1 aliphatic carbocycles. The second-order valence-corrected chi connectivity index (χ2v) is 14.9. The molecule has 2 aromatic rings. The summed E-state index contributed by atoms with van der Waals surface area (Å²) in [6.07, 6.45) is 1.30. The lowest BCUT2D eigenvalue weighted by Crippen LogP contribution is -2.52. The van der Waals surface area contributed by atoms with Gasteiger partial charge >= 0.3 is 0 Å². The van der Waals surface area contributed by atoms with Crippen molar-refractivity contribution in [2.75, 3.05) is 0 Å². The lowest BCUT2D eigenvalue weighted by molar-refractivity contribution is -0.123. The zero-order valence-electron chi connectivity index (χ0n) is 18.2. The molecule has 0 bridgehead atoms. The molecule has 1 saturated carbocycles. The van der Waals surface area contributed by atoms with Crippen LogP contribution >= 0.6 is 0 Å². The first kappa shape index (κ1) is 22.7. The summed E-state index contributed by atoms with van der Waals surface area (Å²) in [7, 11) is -1.67. The van der Waals surface area contributed by atoms with Crippen molar-refractivity contribution in [2.24, 2.45) is 0 Å². The van der Waals surface area contributed by atoms with Crippen LogP contribution in [0.4, 0.5) is 0 Å². The third kappa shape index (κ3) is 6.03. The largest absolute Gasteiger partial charge is 0.392 e. The first-order valence-corrected chi connectivity index (χ1v) is 14.2. The highest BCUT2D eigenvalue weighted by atomic mass is 28.3. The van der Waals surface area contributed by atoms with Gasteiger partial charge in [0.25, 0.3) is 5.91 Å². The van der Waals surface area contributed by atoms with Crippen molar-refractivity contribution in [3.63, 3.8) is 0 Å². The molecule has 1 fully saturated rings. The SMILES string of the molecule is C[Si](C)(C)CC(NC(=O)c1cccc(-c2cccc(CO)c2)c1)C(=O)NC1(C#N)CC1. The molecule has 1 atom stereocenters. The maximum Gasteiger partial charge on any atom is 0.251 e. The number of benzene rings is 2. The summed E-state index contributed by atoms with van der Waals surface area (Å²) in [6, 6.07) is 16.8. The van der Waals surface area contributed by atoms with Gasteiger partial charge in [-0.25, -0.2) is 0 Å². The van der Waals surface area contributed by atoms with E-state index in [0.717, 1.165) is 16.7 Å². The maximum atomic E-state index is 13.0. The number of hydrogen-bond donors (Lipinski definition) is 3. The van der Waals surface area contributed by atoms with Crippen LogP contribution in [0, 0.1) is 11.3 Å². The van der Waals surface area contributed by atoms with E-state index in [4.69, 9.17) is 0 Å². The third-order valence-corrected chi connectivity index (χ3v) is 6.97. The number of aliphatic hydroxyl groups excluding tert-OH is 1. The van der Waals surface area contributed by atoms with Crippen molar-refractivity contribution in [1.29, 1.82) is 5.26 Å². The smallest absolute Gasteiger partial charge is 0.251 e. The standard InChI is InChI=1S/C24H29N3O3Si/c1-31(2,3)15-21(23(30)27-24(16-25)10-11-24)26-22(29)20-9-5-8-19(13-20)18-7-4-6-17(12-18)14-28/h4-9,12-13,21,28H,10-11,14-15H2,1-3H3,(H,26,29)(H,27,30). The molecular formula is C24H29N3O3Si. The van der Waals surface area contributed by atoms with Crippen LogP contribution in [0.2, 0.25) is 25.7 Å². The van der Waals surface area contributed by atoms with E-state index in [0.29, 0.717) is 24.4 Å². The summed E-state index contributed by atoms with van der Waals surface area (Å²) in [5.74, 6) is -0.609. The van der Waals surface area contributed by atoms with Gasteiger partial charge in [-0.15, -0.1) is 0 Å². The van der Waals surface area contributed by atoms with Crippen LogP contribution in [0.5, 0.6) is 0 Å². The summed E-state index contributed by atoms with van der Waals surface area (Å²) in [5.41, 5.74) is 2.25. The monoisotopic (exact) mass is 435 g/mol. The summed E-state index contributed by atoms with van der Waals surface area (Å²) in [5, 5.41) is 24.4. The molecule has 0 spiro atoms. The maximum absolute atomic E-state index is 13.0. The van der Waals surface area contributed by atoms with Crippen molar-refractivity contribution in [1.82, 2.24) is 10.6 Å². The second kappa shape index (κ2) is 9.04. The zero-order valence-corrected chi connectivity index (χ0v) is 19.2. The minimum absolute atomic E-state index is 0.0499. The molecule has 0 saturated heterocycles. The van der Waals surface area contributed by atoms with Gasteiger partial charge in [0, 0.05) is 13.6 Å². The van der Waals surface area contributed by atoms with Crippen LogP contribution < -0.4 is 10.6 Å². The van der Waals surface area contributed by atoms with Gasteiger partial charge < -0.3 is 15.7 Å². The number of nitrogens with zero attached hydrogens (tertiary/aromatic N) is 1. The molecule has 0 aliphatic heterocycles. The van der Waals surface area contributed by atoms with Crippen LogP contribution in [0.3, 0.4) is 0 Å². The fourth-order valence-electron chi connectivity index (χ4n) is 3.47. The Bertz CT molecular complexity index is 1020. The molecule has 0 aromatic heterocycles. The Morgan fingerprint density at radius 2 is 1.77 bits per heavy atom. The molecule has 2 amide bonds. The van der Waals surface area contributed by atoms with Crippen LogP contribution in [0.1, 0.15) is 28.8 Å². The van der Waals surface area contributed by atoms with E-state index in [1.165, 1.54) is 0 Å². The minimum atomic E-state index is -1.67. The van der Waals surface area contributed by atoms with Gasteiger partial charge in [0.05, 0.1) is 12.7 Å². The predicted octanol–water partition coefficient (Wildman–Crippen LogP) is 3.45. The Kier molecular flexibility index (Phi) is 6.63. The molecule has 0 radical (unpaired) electrons. The fourth-order valence-corrected chi connectivity index (χ4v) is 4.98. The van der Waals surface area contributed by atoms with Crippen LogP contribution in [0.25, 0.3) is 11.1 Å². The average Bonchev–Trinajstić information content (AvgIpc) is 3.52. The van der Waals surface area contributed by atoms with Gasteiger partial charge in [-0.05, 0) is 53.8 Å². The number of aliphatic hydroxyl groups is 1. The molecule has 7 heteroatoms. The minimum Gasteiger partial charge on any atom is -0.392 e. The van der Waals surface area contributed by atoms with E-state index < -0.39 is 19.7 Å². The second-order valence-electron chi connectivity index (χ2n) is 9.41. The zero-order chi connectivity index (χ0) is 22.6. The van der Waals surface area contributed by atoms with Gasteiger partial charge in [0.15, 0.2) is 0 Å². The Morgan fingerprint density at radius 1 is 1.13 bits per heavy atom. The van der Waals surface area contributed by atoms with Gasteiger partial charge in [0.1, 0.15) is 11.6 Å². The van der Waals surface area contributed by atoms with Crippen LogP contribution in [-0.2, 0) is 11.4 Å². The highest BCUT2D eigenvalue weighted by molar-refractivity contribution is 6.76.